The van der Waals surface area contributed by atoms with Crippen LogP contribution in [0.3, 0.4) is 0 Å². The van der Waals surface area contributed by atoms with E-state index in [0.717, 1.165) is 32.1 Å². The predicted octanol–water partition coefficient (Wildman–Crippen LogP) is 7.88. The number of fused-ring (bicyclic) bond motifs is 1. The van der Waals surface area contributed by atoms with Crippen LogP contribution in [-0.2, 0) is 6.61 Å². The first kappa shape index (κ1) is 27.3. The van der Waals surface area contributed by atoms with E-state index in [1.165, 1.54) is 17.0 Å². The number of nitro groups is 1. The van der Waals surface area contributed by atoms with Crippen LogP contribution in [0.1, 0.15) is 55.0 Å². The molecule has 0 amide bonds. The highest BCUT2D eigenvalue weighted by atomic mass is 79.9. The first-order valence-corrected chi connectivity index (χ1v) is 14.0. The lowest BCUT2D eigenvalue weighted by Crippen LogP contribution is -2.25. The van der Waals surface area contributed by atoms with Crippen molar-refractivity contribution in [2.45, 2.75) is 44.6 Å². The molecule has 1 aromatic heterocycles. The van der Waals surface area contributed by atoms with Crippen molar-refractivity contribution < 1.29 is 9.66 Å². The van der Waals surface area contributed by atoms with Crippen LogP contribution in [0.4, 0.5) is 5.69 Å². The minimum Gasteiger partial charge on any atom is -0.481 e. The number of ether oxygens (including phenoxy) is 1. The molecular formula is C28H23BrCl2N4O4. The molecule has 3 aromatic carbocycles. The molecule has 1 heterocycles. The van der Waals surface area contributed by atoms with E-state index in [9.17, 15) is 14.9 Å². The minimum atomic E-state index is -0.524. The Morgan fingerprint density at radius 1 is 1.10 bits per heavy atom. The molecule has 0 unspecified atom stereocenters. The van der Waals surface area contributed by atoms with E-state index in [4.69, 9.17) is 32.9 Å². The summed E-state index contributed by atoms with van der Waals surface area (Å²) >= 11 is 15.5. The van der Waals surface area contributed by atoms with Crippen molar-refractivity contribution in [2.75, 3.05) is 0 Å². The summed E-state index contributed by atoms with van der Waals surface area (Å²) in [6.07, 6.45) is 6.51. The molecular weight excluding hydrogens is 607 g/mol. The average molecular weight is 630 g/mol. The second-order valence-electron chi connectivity index (χ2n) is 9.32. The van der Waals surface area contributed by atoms with E-state index in [2.05, 4.69) is 21.0 Å². The molecule has 0 radical (unpaired) electrons. The van der Waals surface area contributed by atoms with Crippen molar-refractivity contribution in [1.29, 1.82) is 0 Å². The summed E-state index contributed by atoms with van der Waals surface area (Å²) in [7, 11) is 0. The molecule has 0 aliphatic heterocycles. The summed E-state index contributed by atoms with van der Waals surface area (Å²) in [6, 6.07) is 15.2. The van der Waals surface area contributed by atoms with E-state index >= 15 is 0 Å². The molecule has 0 spiro atoms. The number of hydrogen-bond acceptors (Lipinski definition) is 6. The molecule has 1 fully saturated rings. The number of halogens is 3. The van der Waals surface area contributed by atoms with Crippen LogP contribution < -0.4 is 10.3 Å². The van der Waals surface area contributed by atoms with Crippen molar-refractivity contribution in [1.82, 2.24) is 9.66 Å². The Labute approximate surface area is 242 Å². The van der Waals surface area contributed by atoms with Crippen molar-refractivity contribution in [3.8, 4) is 5.75 Å². The largest absolute Gasteiger partial charge is 0.481 e. The average Bonchev–Trinajstić information content (AvgIpc) is 2.93. The van der Waals surface area contributed by atoms with Gasteiger partial charge in [-0.05, 0) is 48.7 Å². The van der Waals surface area contributed by atoms with Gasteiger partial charge in [0.05, 0.1) is 32.1 Å². The maximum atomic E-state index is 13.5. The van der Waals surface area contributed by atoms with Crippen molar-refractivity contribution in [3.63, 3.8) is 0 Å². The first-order valence-electron chi connectivity index (χ1n) is 12.4. The number of nitrogens with zero attached hydrogens (tertiary/aromatic N) is 4. The van der Waals surface area contributed by atoms with Gasteiger partial charge in [0.15, 0.2) is 0 Å². The number of rotatable bonds is 7. The molecule has 1 aliphatic carbocycles. The fourth-order valence-electron chi connectivity index (χ4n) is 4.77. The number of nitro benzene ring substituents is 1. The van der Waals surface area contributed by atoms with Gasteiger partial charge in [0, 0.05) is 22.0 Å². The number of aromatic nitrogens is 2. The minimum absolute atomic E-state index is 0.00496. The van der Waals surface area contributed by atoms with Crippen LogP contribution in [0.25, 0.3) is 10.9 Å². The maximum absolute atomic E-state index is 13.5. The molecule has 0 saturated heterocycles. The van der Waals surface area contributed by atoms with E-state index < -0.39 is 4.92 Å². The zero-order valence-electron chi connectivity index (χ0n) is 20.6. The third-order valence-electron chi connectivity index (χ3n) is 6.69. The molecule has 200 valence electrons. The molecule has 1 aliphatic rings. The monoisotopic (exact) mass is 628 g/mol. The number of benzene rings is 3. The summed E-state index contributed by atoms with van der Waals surface area (Å²) in [6.45, 7) is 0.00496. The summed E-state index contributed by atoms with van der Waals surface area (Å²) in [4.78, 5) is 29.8. The first-order chi connectivity index (χ1) is 18.8. The molecule has 4 aromatic rings. The van der Waals surface area contributed by atoms with Crippen molar-refractivity contribution in [3.05, 3.63) is 107 Å². The Kier molecular flexibility index (Phi) is 8.30. The summed E-state index contributed by atoms with van der Waals surface area (Å²) in [5.41, 5.74) is 1.09. The van der Waals surface area contributed by atoms with Crippen LogP contribution in [0.15, 0.2) is 69.0 Å². The standard InChI is InChI=1S/C28H23BrCl2N4O4/c29-20-13-19(26(25(14-20)35(37)38)39-16-17-10-11-22(30)23(31)12-17)15-32-34-27(18-6-2-1-3-7-18)33-24-9-5-4-8-21(24)28(34)36/h4-5,8-15,18H,1-3,6-7,16H2. The fourth-order valence-corrected chi connectivity index (χ4v) is 5.56. The highest BCUT2D eigenvalue weighted by Crippen LogP contribution is 2.35. The van der Waals surface area contributed by atoms with Crippen molar-refractivity contribution >= 4 is 61.9 Å². The lowest BCUT2D eigenvalue weighted by Gasteiger charge is -2.22. The van der Waals surface area contributed by atoms with E-state index in [-0.39, 0.29) is 29.5 Å². The topological polar surface area (TPSA) is 99.6 Å². The van der Waals surface area contributed by atoms with Crippen LogP contribution >= 0.6 is 39.1 Å². The number of para-hydroxylation sites is 1. The van der Waals surface area contributed by atoms with Gasteiger partial charge < -0.3 is 4.74 Å². The maximum Gasteiger partial charge on any atom is 0.312 e. The second-order valence-corrected chi connectivity index (χ2v) is 11.1. The zero-order chi connectivity index (χ0) is 27.5. The Balaban J connectivity index is 1.59. The fraction of sp³-hybridized carbons (Fsp3) is 0.250. The smallest absolute Gasteiger partial charge is 0.312 e. The van der Waals surface area contributed by atoms with Crippen LogP contribution in [0.2, 0.25) is 10.0 Å². The highest BCUT2D eigenvalue weighted by molar-refractivity contribution is 9.10. The van der Waals surface area contributed by atoms with Crippen LogP contribution in [-0.4, -0.2) is 20.8 Å². The van der Waals surface area contributed by atoms with Gasteiger partial charge >= 0.3 is 5.69 Å². The lowest BCUT2D eigenvalue weighted by molar-refractivity contribution is -0.386. The lowest BCUT2D eigenvalue weighted by atomic mass is 9.88. The second kappa shape index (κ2) is 11.9. The third kappa shape index (κ3) is 6.00. The van der Waals surface area contributed by atoms with Gasteiger partial charge in [0.25, 0.3) is 5.56 Å². The number of hydrogen-bond donors (Lipinski definition) is 0. The van der Waals surface area contributed by atoms with E-state index in [1.807, 2.05) is 12.1 Å². The van der Waals surface area contributed by atoms with Gasteiger partial charge in [-0.3, -0.25) is 14.9 Å². The molecule has 1 saturated carbocycles. The summed E-state index contributed by atoms with van der Waals surface area (Å²) < 4.78 is 7.74. The van der Waals surface area contributed by atoms with Gasteiger partial charge in [-0.15, -0.1) is 0 Å². The molecule has 8 nitrogen and oxygen atoms in total. The Morgan fingerprint density at radius 2 is 1.87 bits per heavy atom. The molecule has 0 bridgehead atoms. The van der Waals surface area contributed by atoms with Crippen LogP contribution in [0, 0.1) is 10.1 Å². The Morgan fingerprint density at radius 3 is 2.62 bits per heavy atom. The Bertz CT molecular complexity index is 1650. The van der Waals surface area contributed by atoms with Gasteiger partial charge in [-0.2, -0.15) is 9.78 Å². The molecule has 5 rings (SSSR count). The SMILES string of the molecule is O=c1c2ccccc2nc(C2CCCCC2)n1N=Cc1cc(Br)cc([N+](=O)[O-])c1OCc1ccc(Cl)c(Cl)c1. The summed E-state index contributed by atoms with van der Waals surface area (Å²) in [5.74, 6) is 0.701. The van der Waals surface area contributed by atoms with E-state index in [1.54, 1.807) is 36.4 Å². The molecule has 0 atom stereocenters. The van der Waals surface area contributed by atoms with Gasteiger partial charge in [0.1, 0.15) is 12.4 Å². The van der Waals surface area contributed by atoms with Crippen LogP contribution in [0.5, 0.6) is 5.75 Å². The third-order valence-corrected chi connectivity index (χ3v) is 7.89. The molecule has 39 heavy (non-hydrogen) atoms. The molecule has 0 N–H and O–H groups in total. The quantitative estimate of drug-likeness (QED) is 0.118. The van der Waals surface area contributed by atoms with Gasteiger partial charge in [-0.1, -0.05) is 76.6 Å². The zero-order valence-corrected chi connectivity index (χ0v) is 23.7. The van der Waals surface area contributed by atoms with Gasteiger partial charge in [-0.25, -0.2) is 4.98 Å². The Hall–Kier alpha value is -3.27. The summed E-state index contributed by atoms with van der Waals surface area (Å²) in [5, 5.41) is 17.7. The highest BCUT2D eigenvalue weighted by Gasteiger charge is 2.24. The molecule has 11 heteroatoms. The van der Waals surface area contributed by atoms with Crippen molar-refractivity contribution in [2.24, 2.45) is 5.10 Å². The normalized spacial score (nSPS) is 14.2. The van der Waals surface area contributed by atoms with E-state index in [0.29, 0.717) is 42.4 Å². The van der Waals surface area contributed by atoms with Gasteiger partial charge in [0.2, 0.25) is 5.75 Å². The predicted molar refractivity (Wildman–Crippen MR) is 156 cm³/mol.